The van der Waals surface area contributed by atoms with E-state index in [2.05, 4.69) is 4.98 Å². The van der Waals surface area contributed by atoms with Crippen molar-refractivity contribution < 1.29 is 14.3 Å². The molecule has 0 unspecified atom stereocenters. The highest BCUT2D eigenvalue weighted by molar-refractivity contribution is 5.83. The van der Waals surface area contributed by atoms with Crippen LogP contribution in [0, 0.1) is 5.41 Å². The fourth-order valence-corrected chi connectivity index (χ4v) is 3.62. The summed E-state index contributed by atoms with van der Waals surface area (Å²) < 4.78 is 4.94. The molecule has 2 rings (SSSR count). The van der Waals surface area contributed by atoms with Gasteiger partial charge >= 0.3 is 0 Å². The van der Waals surface area contributed by atoms with Gasteiger partial charge in [-0.25, -0.2) is 0 Å². The zero-order valence-corrected chi connectivity index (χ0v) is 15.5. The third-order valence-electron chi connectivity index (χ3n) is 5.07. The van der Waals surface area contributed by atoms with E-state index in [1.165, 1.54) is 12.7 Å². The number of aryl methyl sites for hydroxylation is 1. The van der Waals surface area contributed by atoms with Crippen LogP contribution in [0.4, 0.5) is 0 Å². The van der Waals surface area contributed by atoms with Gasteiger partial charge in [0.2, 0.25) is 11.8 Å². The van der Waals surface area contributed by atoms with Crippen LogP contribution < -0.4 is 0 Å². The molecule has 138 valence electrons. The molecule has 1 saturated heterocycles. The Labute approximate surface area is 150 Å². The van der Waals surface area contributed by atoms with Crippen LogP contribution in [0.15, 0.2) is 24.5 Å². The standard InChI is InChI=1S/C19H29N3O3/c1-21(2)18(24)19(8-4-5-16-6-11-20-12-7-16)9-13-22(14-10-19)17(23)15-25-3/h6-7,11-12H,4-5,8-10,13-15H2,1-3H3. The lowest BCUT2D eigenvalue weighted by Crippen LogP contribution is -2.50. The predicted octanol–water partition coefficient (Wildman–Crippen LogP) is 1.75. The predicted molar refractivity (Wildman–Crippen MR) is 96.0 cm³/mol. The minimum absolute atomic E-state index is 0.00480. The molecule has 1 aromatic rings. The second-order valence-electron chi connectivity index (χ2n) is 7.00. The number of hydrogen-bond acceptors (Lipinski definition) is 4. The third kappa shape index (κ3) is 5.01. The molecule has 0 saturated carbocycles. The summed E-state index contributed by atoms with van der Waals surface area (Å²) in [6, 6.07) is 4.04. The van der Waals surface area contributed by atoms with Crippen LogP contribution in [-0.4, -0.2) is 67.5 Å². The van der Waals surface area contributed by atoms with Gasteiger partial charge in [0, 0.05) is 46.7 Å². The molecule has 1 aliphatic heterocycles. The Morgan fingerprint density at radius 3 is 2.44 bits per heavy atom. The zero-order chi connectivity index (χ0) is 18.3. The lowest BCUT2D eigenvalue weighted by Gasteiger charge is -2.42. The highest BCUT2D eigenvalue weighted by Gasteiger charge is 2.42. The van der Waals surface area contributed by atoms with E-state index in [9.17, 15) is 9.59 Å². The molecule has 1 fully saturated rings. The average Bonchev–Trinajstić information content (AvgIpc) is 2.62. The van der Waals surface area contributed by atoms with Crippen molar-refractivity contribution in [3.63, 3.8) is 0 Å². The molecule has 0 aromatic carbocycles. The number of ether oxygens (including phenoxy) is 1. The Bertz CT molecular complexity index is 567. The van der Waals surface area contributed by atoms with Gasteiger partial charge in [-0.2, -0.15) is 0 Å². The first-order chi connectivity index (χ1) is 12.0. The fourth-order valence-electron chi connectivity index (χ4n) is 3.62. The summed E-state index contributed by atoms with van der Waals surface area (Å²) in [5, 5.41) is 0. The number of nitrogens with zero attached hydrogens (tertiary/aromatic N) is 3. The van der Waals surface area contributed by atoms with E-state index in [4.69, 9.17) is 4.74 Å². The molecule has 6 nitrogen and oxygen atoms in total. The summed E-state index contributed by atoms with van der Waals surface area (Å²) in [6.45, 7) is 1.35. The van der Waals surface area contributed by atoms with E-state index >= 15 is 0 Å². The van der Waals surface area contributed by atoms with Gasteiger partial charge in [-0.05, 0) is 49.8 Å². The SMILES string of the molecule is COCC(=O)N1CCC(CCCc2ccncc2)(C(=O)N(C)C)CC1. The van der Waals surface area contributed by atoms with Crippen molar-refractivity contribution in [3.05, 3.63) is 30.1 Å². The van der Waals surface area contributed by atoms with Gasteiger partial charge in [-0.3, -0.25) is 14.6 Å². The number of piperidine rings is 1. The summed E-state index contributed by atoms with van der Waals surface area (Å²) >= 11 is 0. The van der Waals surface area contributed by atoms with Crippen molar-refractivity contribution >= 4 is 11.8 Å². The van der Waals surface area contributed by atoms with Crippen LogP contribution >= 0.6 is 0 Å². The van der Waals surface area contributed by atoms with E-state index in [-0.39, 0.29) is 23.8 Å². The van der Waals surface area contributed by atoms with Gasteiger partial charge in [-0.1, -0.05) is 0 Å². The monoisotopic (exact) mass is 347 g/mol. The number of carbonyl (C=O) groups is 2. The first-order valence-corrected chi connectivity index (χ1v) is 8.86. The molecule has 0 N–H and O–H groups in total. The largest absolute Gasteiger partial charge is 0.375 e. The van der Waals surface area contributed by atoms with Crippen LogP contribution in [0.25, 0.3) is 0 Å². The van der Waals surface area contributed by atoms with Crippen LogP contribution in [0.2, 0.25) is 0 Å². The number of rotatable bonds is 7. The van der Waals surface area contributed by atoms with Crippen LogP contribution in [0.5, 0.6) is 0 Å². The quantitative estimate of drug-likeness (QED) is 0.754. The van der Waals surface area contributed by atoms with Crippen molar-refractivity contribution in [2.75, 3.05) is 40.9 Å². The Morgan fingerprint density at radius 1 is 1.24 bits per heavy atom. The molecule has 1 aliphatic rings. The normalized spacial score (nSPS) is 16.5. The van der Waals surface area contributed by atoms with E-state index in [1.807, 2.05) is 31.1 Å². The number of carbonyl (C=O) groups excluding carboxylic acids is 2. The minimum atomic E-state index is -0.361. The summed E-state index contributed by atoms with van der Waals surface area (Å²) in [5.41, 5.74) is 0.885. The van der Waals surface area contributed by atoms with E-state index in [0.717, 1.165) is 32.1 Å². The zero-order valence-electron chi connectivity index (χ0n) is 15.5. The molecule has 25 heavy (non-hydrogen) atoms. The van der Waals surface area contributed by atoms with Crippen LogP contribution in [-0.2, 0) is 20.7 Å². The Morgan fingerprint density at radius 2 is 1.88 bits per heavy atom. The molecule has 0 bridgehead atoms. The van der Waals surface area contributed by atoms with E-state index in [1.54, 1.807) is 17.3 Å². The van der Waals surface area contributed by atoms with E-state index < -0.39 is 0 Å². The molecule has 2 amide bonds. The summed E-state index contributed by atoms with van der Waals surface area (Å²) in [6.07, 6.45) is 7.78. The lowest BCUT2D eigenvalue weighted by molar-refractivity contribution is -0.148. The molecule has 0 atom stereocenters. The number of aromatic nitrogens is 1. The van der Waals surface area contributed by atoms with Gasteiger partial charge < -0.3 is 14.5 Å². The molecule has 1 aromatic heterocycles. The molecule has 6 heteroatoms. The molecule has 0 spiro atoms. The molecular formula is C19H29N3O3. The minimum Gasteiger partial charge on any atom is -0.375 e. The maximum absolute atomic E-state index is 12.9. The van der Waals surface area contributed by atoms with Gasteiger partial charge in [0.15, 0.2) is 0 Å². The first-order valence-electron chi connectivity index (χ1n) is 8.86. The highest BCUT2D eigenvalue weighted by Crippen LogP contribution is 2.38. The number of amides is 2. The van der Waals surface area contributed by atoms with Crippen molar-refractivity contribution in [3.8, 4) is 0 Å². The molecule has 0 aliphatic carbocycles. The Hall–Kier alpha value is -1.95. The molecule has 2 heterocycles. The Kier molecular flexibility index (Phi) is 6.93. The topological polar surface area (TPSA) is 62.7 Å². The van der Waals surface area contributed by atoms with Crippen LogP contribution in [0.1, 0.15) is 31.2 Å². The number of methoxy groups -OCH3 is 1. The summed E-state index contributed by atoms with van der Waals surface area (Å²) in [5.74, 6) is 0.186. The van der Waals surface area contributed by atoms with Gasteiger partial charge in [0.05, 0.1) is 5.41 Å². The van der Waals surface area contributed by atoms with Crippen molar-refractivity contribution in [2.45, 2.75) is 32.1 Å². The second kappa shape index (κ2) is 8.94. The third-order valence-corrected chi connectivity index (χ3v) is 5.07. The summed E-state index contributed by atoms with van der Waals surface area (Å²) in [7, 11) is 5.16. The van der Waals surface area contributed by atoms with Gasteiger partial charge in [-0.15, -0.1) is 0 Å². The second-order valence-corrected chi connectivity index (χ2v) is 7.00. The van der Waals surface area contributed by atoms with Crippen molar-refractivity contribution in [2.24, 2.45) is 5.41 Å². The van der Waals surface area contributed by atoms with Crippen molar-refractivity contribution in [1.82, 2.24) is 14.8 Å². The number of pyridine rings is 1. The lowest BCUT2D eigenvalue weighted by atomic mass is 9.73. The molecule has 0 radical (unpaired) electrons. The highest BCUT2D eigenvalue weighted by atomic mass is 16.5. The smallest absolute Gasteiger partial charge is 0.248 e. The van der Waals surface area contributed by atoms with E-state index in [0.29, 0.717) is 13.1 Å². The maximum Gasteiger partial charge on any atom is 0.248 e. The van der Waals surface area contributed by atoms with Crippen molar-refractivity contribution in [1.29, 1.82) is 0 Å². The fraction of sp³-hybridized carbons (Fsp3) is 0.632. The number of likely N-dealkylation sites (tertiary alicyclic amines) is 1. The average molecular weight is 347 g/mol. The number of hydrogen-bond donors (Lipinski definition) is 0. The van der Waals surface area contributed by atoms with Crippen LogP contribution in [0.3, 0.4) is 0 Å². The first kappa shape index (κ1) is 19.4. The summed E-state index contributed by atoms with van der Waals surface area (Å²) in [4.78, 5) is 32.4. The van der Waals surface area contributed by atoms with Gasteiger partial charge in [0.1, 0.15) is 6.61 Å². The maximum atomic E-state index is 12.9. The van der Waals surface area contributed by atoms with Gasteiger partial charge in [0.25, 0.3) is 0 Å². The molecular weight excluding hydrogens is 318 g/mol. The Balaban J connectivity index is 1.99.